The second-order valence-electron chi connectivity index (χ2n) is 7.27. The lowest BCUT2D eigenvalue weighted by Crippen LogP contribution is -2.44. The molecule has 2 aromatic carbocycles. The lowest BCUT2D eigenvalue weighted by atomic mass is 10.1. The minimum atomic E-state index is -1.18. The number of hydrogen-bond donors (Lipinski definition) is 1. The summed E-state index contributed by atoms with van der Waals surface area (Å²) >= 11 is 0. The third-order valence-electron chi connectivity index (χ3n) is 5.13. The number of nitrogens with zero attached hydrogens (tertiary/aromatic N) is 1. The Morgan fingerprint density at radius 2 is 1.76 bits per heavy atom. The molecule has 1 N–H and O–H groups in total. The van der Waals surface area contributed by atoms with E-state index in [0.29, 0.717) is 5.39 Å². The van der Waals surface area contributed by atoms with Crippen molar-refractivity contribution in [2.24, 2.45) is 0 Å². The summed E-state index contributed by atoms with van der Waals surface area (Å²) < 4.78 is 10.5. The van der Waals surface area contributed by atoms with Gasteiger partial charge in [0.05, 0.1) is 11.1 Å². The highest BCUT2D eigenvalue weighted by Gasteiger charge is 2.41. The van der Waals surface area contributed by atoms with Gasteiger partial charge in [0.25, 0.3) is 17.7 Å². The summed E-state index contributed by atoms with van der Waals surface area (Å²) in [5, 5.41) is 2.94. The molecule has 1 unspecified atom stereocenters. The molecule has 9 nitrogen and oxygen atoms in total. The van der Waals surface area contributed by atoms with Crippen molar-refractivity contribution in [1.29, 1.82) is 0 Å². The molecule has 1 atom stereocenters. The molecular formula is C24H18N2O7. The Kier molecular flexibility index (Phi) is 5.61. The number of imide groups is 1. The number of fused-ring (bicyclic) bond motifs is 2. The fourth-order valence-electron chi connectivity index (χ4n) is 3.44. The van der Waals surface area contributed by atoms with Crippen LogP contribution in [0.15, 0.2) is 70.4 Å². The Bertz CT molecular complexity index is 1350. The van der Waals surface area contributed by atoms with Gasteiger partial charge in [-0.15, -0.1) is 6.58 Å². The maximum absolute atomic E-state index is 12.7. The lowest BCUT2D eigenvalue weighted by Gasteiger charge is -2.20. The van der Waals surface area contributed by atoms with E-state index in [4.69, 9.17) is 9.15 Å². The lowest BCUT2D eigenvalue weighted by molar-refractivity contribution is -0.138. The number of carbonyl (C=O) groups excluding carboxylic acids is 4. The van der Waals surface area contributed by atoms with Gasteiger partial charge in [0.15, 0.2) is 0 Å². The molecule has 2 heterocycles. The summed E-state index contributed by atoms with van der Waals surface area (Å²) in [5.41, 5.74) is -0.482. The molecule has 3 aromatic rings. The van der Waals surface area contributed by atoms with Crippen molar-refractivity contribution >= 4 is 34.7 Å². The van der Waals surface area contributed by atoms with Crippen LogP contribution in [0.1, 0.15) is 38.0 Å². The maximum atomic E-state index is 12.7. The summed E-state index contributed by atoms with van der Waals surface area (Å²) in [6, 6.07) is 10.8. The molecule has 4 rings (SSSR count). The molecule has 0 aliphatic carbocycles. The molecule has 0 saturated heterocycles. The van der Waals surface area contributed by atoms with Gasteiger partial charge in [0.2, 0.25) is 0 Å². The van der Waals surface area contributed by atoms with E-state index < -0.39 is 35.4 Å². The highest BCUT2D eigenvalue weighted by atomic mass is 16.5. The number of amides is 3. The van der Waals surface area contributed by atoms with Gasteiger partial charge in [-0.2, -0.15) is 0 Å². The number of rotatable bonds is 6. The van der Waals surface area contributed by atoms with Gasteiger partial charge in [-0.3, -0.25) is 19.3 Å². The summed E-state index contributed by atoms with van der Waals surface area (Å²) in [6.07, 6.45) is 1.48. The number of nitrogens with one attached hydrogen (secondary N) is 1. The number of benzene rings is 2. The summed E-state index contributed by atoms with van der Waals surface area (Å²) in [4.78, 5) is 62.9. The molecule has 0 saturated carbocycles. The van der Waals surface area contributed by atoms with E-state index in [1.807, 2.05) is 0 Å². The third kappa shape index (κ3) is 3.91. The molecule has 1 aliphatic rings. The monoisotopic (exact) mass is 446 g/mol. The van der Waals surface area contributed by atoms with Crippen LogP contribution in [0.5, 0.6) is 5.75 Å². The van der Waals surface area contributed by atoms with Crippen LogP contribution in [0, 0.1) is 0 Å². The Labute approximate surface area is 187 Å². The van der Waals surface area contributed by atoms with Gasteiger partial charge in [-0.1, -0.05) is 18.2 Å². The first-order valence-electron chi connectivity index (χ1n) is 9.97. The van der Waals surface area contributed by atoms with E-state index >= 15 is 0 Å². The minimum absolute atomic E-state index is 0.0444. The van der Waals surface area contributed by atoms with Gasteiger partial charge >= 0.3 is 11.6 Å². The zero-order chi connectivity index (χ0) is 23.7. The summed E-state index contributed by atoms with van der Waals surface area (Å²) in [7, 11) is 0. The van der Waals surface area contributed by atoms with E-state index in [1.165, 1.54) is 49.4 Å². The van der Waals surface area contributed by atoms with Gasteiger partial charge in [0.1, 0.15) is 22.9 Å². The zero-order valence-electron chi connectivity index (χ0n) is 17.5. The maximum Gasteiger partial charge on any atom is 0.349 e. The van der Waals surface area contributed by atoms with Gasteiger partial charge in [0, 0.05) is 18.0 Å². The Morgan fingerprint density at radius 3 is 2.39 bits per heavy atom. The van der Waals surface area contributed by atoms with E-state index in [0.717, 1.165) is 4.90 Å². The fourth-order valence-corrected chi connectivity index (χ4v) is 3.44. The average Bonchev–Trinajstić information content (AvgIpc) is 3.06. The smallest absolute Gasteiger partial charge is 0.349 e. The van der Waals surface area contributed by atoms with Crippen molar-refractivity contribution in [1.82, 2.24) is 10.2 Å². The van der Waals surface area contributed by atoms with Crippen LogP contribution >= 0.6 is 0 Å². The SMILES string of the molecule is C=CCNC(=O)c1cc2ccc(OC(=O)C(C)N3C(=O)c4ccccc4C3=O)cc2oc1=O. The number of hydrogen-bond acceptors (Lipinski definition) is 7. The van der Waals surface area contributed by atoms with Crippen LogP contribution in [0.3, 0.4) is 0 Å². The second kappa shape index (κ2) is 8.54. The molecule has 9 heteroatoms. The Hall–Kier alpha value is -4.53. The van der Waals surface area contributed by atoms with Crippen molar-refractivity contribution in [2.75, 3.05) is 6.54 Å². The van der Waals surface area contributed by atoms with Crippen LogP contribution < -0.4 is 15.7 Å². The van der Waals surface area contributed by atoms with Crippen LogP contribution in [0.4, 0.5) is 0 Å². The van der Waals surface area contributed by atoms with Crippen molar-refractivity contribution in [3.05, 3.63) is 88.3 Å². The molecular weight excluding hydrogens is 428 g/mol. The van der Waals surface area contributed by atoms with Gasteiger partial charge in [-0.25, -0.2) is 9.59 Å². The molecule has 0 spiro atoms. The van der Waals surface area contributed by atoms with Crippen LogP contribution in [0.25, 0.3) is 11.0 Å². The molecule has 1 aliphatic heterocycles. The predicted octanol–water partition coefficient (Wildman–Crippen LogP) is 2.30. The molecule has 0 radical (unpaired) electrons. The predicted molar refractivity (Wildman–Crippen MR) is 117 cm³/mol. The molecule has 0 fully saturated rings. The molecule has 3 amide bonds. The van der Waals surface area contributed by atoms with Crippen LogP contribution in [0.2, 0.25) is 0 Å². The van der Waals surface area contributed by atoms with Gasteiger partial charge < -0.3 is 14.5 Å². The topological polar surface area (TPSA) is 123 Å². The van der Waals surface area contributed by atoms with Crippen molar-refractivity contribution in [3.63, 3.8) is 0 Å². The highest BCUT2D eigenvalue weighted by molar-refractivity contribution is 6.22. The standard InChI is InChI=1S/C24H18N2O7/c1-3-10-25-20(27)18-11-14-8-9-15(12-19(14)33-24(18)31)32-23(30)13(2)26-21(28)16-6-4-5-7-17(16)22(26)29/h3-9,11-13H,1,10H2,2H3,(H,25,27). The van der Waals surface area contributed by atoms with Crippen molar-refractivity contribution < 1.29 is 28.3 Å². The molecule has 166 valence electrons. The number of carbonyl (C=O) groups is 4. The number of ether oxygens (including phenoxy) is 1. The summed E-state index contributed by atoms with van der Waals surface area (Å²) in [5.74, 6) is -2.55. The van der Waals surface area contributed by atoms with Gasteiger partial charge in [-0.05, 0) is 37.3 Å². The first-order chi connectivity index (χ1) is 15.8. The van der Waals surface area contributed by atoms with Crippen LogP contribution in [-0.4, -0.2) is 41.2 Å². The molecule has 1 aromatic heterocycles. The minimum Gasteiger partial charge on any atom is -0.425 e. The largest absolute Gasteiger partial charge is 0.425 e. The quantitative estimate of drug-likeness (QED) is 0.203. The van der Waals surface area contributed by atoms with Crippen molar-refractivity contribution in [3.8, 4) is 5.75 Å². The van der Waals surface area contributed by atoms with E-state index in [-0.39, 0.29) is 34.6 Å². The first kappa shape index (κ1) is 21.7. The van der Waals surface area contributed by atoms with E-state index in [1.54, 1.807) is 12.1 Å². The van der Waals surface area contributed by atoms with Crippen molar-refractivity contribution in [2.45, 2.75) is 13.0 Å². The Balaban J connectivity index is 1.54. The fraction of sp³-hybridized carbons (Fsp3) is 0.125. The highest BCUT2D eigenvalue weighted by Crippen LogP contribution is 2.26. The third-order valence-corrected chi connectivity index (χ3v) is 5.13. The average molecular weight is 446 g/mol. The molecule has 33 heavy (non-hydrogen) atoms. The van der Waals surface area contributed by atoms with E-state index in [9.17, 15) is 24.0 Å². The molecule has 0 bridgehead atoms. The normalized spacial score (nSPS) is 13.5. The zero-order valence-corrected chi connectivity index (χ0v) is 17.5. The van der Waals surface area contributed by atoms with E-state index in [2.05, 4.69) is 11.9 Å². The summed E-state index contributed by atoms with van der Waals surface area (Å²) in [6.45, 7) is 5.07. The number of esters is 1. The second-order valence-corrected chi connectivity index (χ2v) is 7.27. The first-order valence-corrected chi connectivity index (χ1v) is 9.97. The van der Waals surface area contributed by atoms with Crippen LogP contribution in [-0.2, 0) is 4.79 Å². The Morgan fingerprint density at radius 1 is 1.09 bits per heavy atom.